The first-order chi connectivity index (χ1) is 14.1. The number of aromatic nitrogens is 4. The van der Waals surface area contributed by atoms with E-state index in [4.69, 9.17) is 0 Å². The predicted octanol–water partition coefficient (Wildman–Crippen LogP) is 3.24. The molecule has 1 unspecified atom stereocenters. The van der Waals surface area contributed by atoms with Crippen molar-refractivity contribution in [2.45, 2.75) is 39.2 Å². The molecule has 1 N–H and O–H groups in total. The third kappa shape index (κ3) is 4.55. The molecule has 0 bridgehead atoms. The molecule has 7 heteroatoms. The first-order valence-corrected chi connectivity index (χ1v) is 10.4. The van der Waals surface area contributed by atoms with Crippen LogP contribution >= 0.6 is 0 Å². The zero-order valence-corrected chi connectivity index (χ0v) is 17.0. The van der Waals surface area contributed by atoms with E-state index in [-0.39, 0.29) is 17.9 Å². The third-order valence-electron chi connectivity index (χ3n) is 5.56. The molecule has 2 aromatic heterocycles. The van der Waals surface area contributed by atoms with Gasteiger partial charge in [0, 0.05) is 19.0 Å². The van der Waals surface area contributed by atoms with Crippen molar-refractivity contribution in [1.29, 1.82) is 0 Å². The van der Waals surface area contributed by atoms with Crippen LogP contribution in [0.25, 0.3) is 5.65 Å². The normalized spacial score (nSPS) is 16.3. The highest BCUT2D eigenvalue weighted by Crippen LogP contribution is 2.25. The second-order valence-corrected chi connectivity index (χ2v) is 8.19. The van der Waals surface area contributed by atoms with Crippen LogP contribution in [0.2, 0.25) is 0 Å². The highest BCUT2D eigenvalue weighted by atomic mass is 16.1. The monoisotopic (exact) mass is 392 g/mol. The number of piperidine rings is 1. The molecule has 0 spiro atoms. The number of amides is 1. The fourth-order valence-corrected chi connectivity index (χ4v) is 3.98. The summed E-state index contributed by atoms with van der Waals surface area (Å²) in [6, 6.07) is 14.2. The van der Waals surface area contributed by atoms with Gasteiger partial charge in [0.25, 0.3) is 0 Å². The van der Waals surface area contributed by atoms with Gasteiger partial charge in [0.1, 0.15) is 12.1 Å². The number of carbonyl (C=O) groups is 1. The van der Waals surface area contributed by atoms with Gasteiger partial charge in [0.2, 0.25) is 5.91 Å². The first-order valence-electron chi connectivity index (χ1n) is 10.4. The molecule has 1 saturated heterocycles. The Morgan fingerprint density at radius 2 is 1.90 bits per heavy atom. The van der Waals surface area contributed by atoms with Crippen LogP contribution < -0.4 is 10.2 Å². The molecule has 0 aliphatic carbocycles. The van der Waals surface area contributed by atoms with Crippen molar-refractivity contribution in [3.05, 3.63) is 54.4 Å². The number of nitrogens with zero attached hydrogens (tertiary/aromatic N) is 5. The molecule has 1 aliphatic rings. The minimum Gasteiger partial charge on any atom is -0.355 e. The maximum atomic E-state index is 13.0. The summed E-state index contributed by atoms with van der Waals surface area (Å²) in [6.45, 7) is 6.03. The van der Waals surface area contributed by atoms with Crippen molar-refractivity contribution in [2.75, 3.05) is 18.0 Å². The number of carbonyl (C=O) groups excluding carboxylic acids is 1. The largest absolute Gasteiger partial charge is 0.355 e. The van der Waals surface area contributed by atoms with Gasteiger partial charge in [0.15, 0.2) is 5.65 Å². The van der Waals surface area contributed by atoms with Gasteiger partial charge in [-0.2, -0.15) is 4.52 Å². The van der Waals surface area contributed by atoms with E-state index in [9.17, 15) is 4.79 Å². The zero-order chi connectivity index (χ0) is 20.2. The Morgan fingerprint density at radius 1 is 1.14 bits per heavy atom. The van der Waals surface area contributed by atoms with Gasteiger partial charge in [-0.25, -0.2) is 0 Å². The van der Waals surface area contributed by atoms with Crippen LogP contribution in [0.15, 0.2) is 48.8 Å². The molecule has 3 heterocycles. The topological polar surface area (TPSA) is 75.4 Å². The zero-order valence-electron chi connectivity index (χ0n) is 17.0. The van der Waals surface area contributed by atoms with Crippen LogP contribution in [-0.2, 0) is 4.79 Å². The van der Waals surface area contributed by atoms with Crippen LogP contribution in [0.5, 0.6) is 0 Å². The SMILES string of the molecule is CC(C)CC(NC(=O)C1CCN(c2ccc3nncn3n2)CC1)c1ccccc1. The molecule has 0 radical (unpaired) electrons. The van der Waals surface area contributed by atoms with Gasteiger partial charge < -0.3 is 10.2 Å². The Balaban J connectivity index is 1.37. The van der Waals surface area contributed by atoms with Gasteiger partial charge in [-0.15, -0.1) is 15.3 Å². The summed E-state index contributed by atoms with van der Waals surface area (Å²) < 4.78 is 1.69. The summed E-state index contributed by atoms with van der Waals surface area (Å²) >= 11 is 0. The van der Waals surface area contributed by atoms with Gasteiger partial charge >= 0.3 is 0 Å². The highest BCUT2D eigenvalue weighted by molar-refractivity contribution is 5.79. The molecular weight excluding hydrogens is 364 g/mol. The van der Waals surface area contributed by atoms with Crippen LogP contribution in [-0.4, -0.2) is 38.8 Å². The molecule has 152 valence electrons. The summed E-state index contributed by atoms with van der Waals surface area (Å²) in [6.07, 6.45) is 4.21. The van der Waals surface area contributed by atoms with Crippen LogP contribution in [0.3, 0.4) is 0 Å². The number of benzene rings is 1. The molecule has 4 rings (SSSR count). The van der Waals surface area contributed by atoms with Gasteiger partial charge in [-0.1, -0.05) is 44.2 Å². The van der Waals surface area contributed by atoms with Crippen molar-refractivity contribution in [2.24, 2.45) is 11.8 Å². The summed E-state index contributed by atoms with van der Waals surface area (Å²) in [4.78, 5) is 15.2. The van der Waals surface area contributed by atoms with Crippen LogP contribution in [0.1, 0.15) is 44.7 Å². The molecule has 7 nitrogen and oxygen atoms in total. The average Bonchev–Trinajstić information content (AvgIpc) is 3.21. The van der Waals surface area contributed by atoms with Crippen molar-refractivity contribution >= 4 is 17.4 Å². The lowest BCUT2D eigenvalue weighted by Crippen LogP contribution is -2.42. The standard InChI is InChI=1S/C22H28N6O/c1-16(2)14-19(17-6-4-3-5-7-17)24-22(29)18-10-12-27(13-11-18)21-9-8-20-25-23-15-28(20)26-21/h3-9,15-16,18-19H,10-14H2,1-2H3,(H,24,29). The van der Waals surface area contributed by atoms with E-state index in [1.54, 1.807) is 10.8 Å². The third-order valence-corrected chi connectivity index (χ3v) is 5.56. The minimum absolute atomic E-state index is 0.0447. The molecule has 1 atom stereocenters. The summed E-state index contributed by atoms with van der Waals surface area (Å²) in [5.74, 6) is 1.63. The smallest absolute Gasteiger partial charge is 0.223 e. The van der Waals surface area contributed by atoms with Crippen molar-refractivity contribution < 1.29 is 4.79 Å². The van der Waals surface area contributed by atoms with Crippen LogP contribution in [0, 0.1) is 11.8 Å². The van der Waals surface area contributed by atoms with E-state index in [2.05, 4.69) is 51.5 Å². The van der Waals surface area contributed by atoms with E-state index < -0.39 is 0 Å². The molecule has 1 amide bonds. The number of nitrogens with one attached hydrogen (secondary N) is 1. The van der Waals surface area contributed by atoms with Gasteiger partial charge in [-0.05, 0) is 42.9 Å². The number of anilines is 1. The Hall–Kier alpha value is -2.96. The fourth-order valence-electron chi connectivity index (χ4n) is 3.98. The maximum absolute atomic E-state index is 13.0. The second kappa shape index (κ2) is 8.59. The van der Waals surface area contributed by atoms with E-state index in [0.717, 1.165) is 43.8 Å². The predicted molar refractivity (Wildman–Crippen MR) is 112 cm³/mol. The van der Waals surface area contributed by atoms with Crippen molar-refractivity contribution in [3.63, 3.8) is 0 Å². The Kier molecular flexibility index (Phi) is 5.74. The summed E-state index contributed by atoms with van der Waals surface area (Å²) in [7, 11) is 0. The Bertz CT molecular complexity index is 946. The van der Waals surface area contributed by atoms with Crippen molar-refractivity contribution in [1.82, 2.24) is 25.1 Å². The quantitative estimate of drug-likeness (QED) is 0.697. The van der Waals surface area contributed by atoms with Gasteiger partial charge in [0.05, 0.1) is 6.04 Å². The molecule has 1 aliphatic heterocycles. The first kappa shape index (κ1) is 19.4. The number of hydrogen-bond acceptors (Lipinski definition) is 5. The molecule has 1 aromatic carbocycles. The number of hydrogen-bond donors (Lipinski definition) is 1. The molecule has 3 aromatic rings. The molecule has 1 fully saturated rings. The summed E-state index contributed by atoms with van der Waals surface area (Å²) in [5.41, 5.74) is 1.92. The van der Waals surface area contributed by atoms with Crippen molar-refractivity contribution in [3.8, 4) is 0 Å². The van der Waals surface area contributed by atoms with Crippen LogP contribution in [0.4, 0.5) is 5.82 Å². The molecular formula is C22H28N6O. The van der Waals surface area contributed by atoms with E-state index in [1.807, 2.05) is 30.3 Å². The van der Waals surface area contributed by atoms with E-state index in [0.29, 0.717) is 5.92 Å². The van der Waals surface area contributed by atoms with E-state index in [1.165, 1.54) is 5.56 Å². The lowest BCUT2D eigenvalue weighted by atomic mass is 9.93. The average molecular weight is 393 g/mol. The number of fused-ring (bicyclic) bond motifs is 1. The Labute approximate surface area is 171 Å². The second-order valence-electron chi connectivity index (χ2n) is 8.19. The maximum Gasteiger partial charge on any atom is 0.223 e. The lowest BCUT2D eigenvalue weighted by molar-refractivity contribution is -0.126. The lowest BCUT2D eigenvalue weighted by Gasteiger charge is -2.33. The fraction of sp³-hybridized carbons (Fsp3) is 0.455. The number of rotatable bonds is 6. The summed E-state index contributed by atoms with van der Waals surface area (Å²) in [5, 5.41) is 15.7. The highest BCUT2D eigenvalue weighted by Gasteiger charge is 2.28. The minimum atomic E-state index is 0.0447. The van der Waals surface area contributed by atoms with Gasteiger partial charge in [-0.3, -0.25) is 4.79 Å². The van der Waals surface area contributed by atoms with E-state index >= 15 is 0 Å². The molecule has 0 saturated carbocycles. The Morgan fingerprint density at radius 3 is 2.62 bits per heavy atom. The molecule has 29 heavy (non-hydrogen) atoms.